The van der Waals surface area contributed by atoms with Crippen LogP contribution in [0.15, 0.2) is 0 Å². The van der Waals surface area contributed by atoms with Crippen molar-refractivity contribution in [3.05, 3.63) is 0 Å². The number of carbonyl (C=O) groups excluding carboxylic acids is 1. The second-order valence-electron chi connectivity index (χ2n) is 10.4. The molecule has 270 valence electrons. The molecule has 0 saturated heterocycles. The van der Waals surface area contributed by atoms with Gasteiger partial charge in [0.05, 0.1) is 112 Å². The number of esters is 1. The summed E-state index contributed by atoms with van der Waals surface area (Å²) in [4.78, 5) is 11.7. The predicted molar refractivity (Wildman–Crippen MR) is 184 cm³/mol. The van der Waals surface area contributed by atoms with E-state index in [-0.39, 0.29) is 5.97 Å². The van der Waals surface area contributed by atoms with Crippen molar-refractivity contribution < 1.29 is 52.2 Å². The van der Waals surface area contributed by atoms with Gasteiger partial charge in [-0.25, -0.2) is 0 Å². The van der Waals surface area contributed by atoms with Crippen LogP contribution in [0.2, 0.25) is 0 Å². The highest BCUT2D eigenvalue weighted by Crippen LogP contribution is 2.07. The van der Waals surface area contributed by atoms with Gasteiger partial charge in [-0.3, -0.25) is 4.79 Å². The molecule has 0 rings (SSSR count). The van der Waals surface area contributed by atoms with Gasteiger partial charge in [0.15, 0.2) is 0 Å². The molecule has 0 amide bonds. The van der Waals surface area contributed by atoms with Gasteiger partial charge in [0.2, 0.25) is 0 Å². The number of alkyl halides is 1. The molecular formula is C33H65IO11. The molecule has 0 aliphatic carbocycles. The monoisotopic (exact) mass is 764 g/mol. The minimum atomic E-state index is -0.139. The smallest absolute Gasteiger partial charge is 0.305 e. The molecule has 0 aliphatic rings. The van der Waals surface area contributed by atoms with Crippen LogP contribution in [-0.4, -0.2) is 136 Å². The summed E-state index contributed by atoms with van der Waals surface area (Å²) in [7, 11) is 0. The molecule has 0 N–H and O–H groups in total. The Labute approximate surface area is 287 Å². The maximum Gasteiger partial charge on any atom is 0.305 e. The third-order valence-corrected chi connectivity index (χ3v) is 7.14. The SMILES string of the molecule is CCCCCCCCC(=O)OCCOCCOCCOCCOCCOCCOCCOCCOCCOCCCCCCI. The van der Waals surface area contributed by atoms with Gasteiger partial charge in [0.1, 0.15) is 6.61 Å². The third-order valence-electron chi connectivity index (χ3n) is 6.37. The fourth-order valence-corrected chi connectivity index (χ4v) is 4.39. The molecule has 0 aromatic carbocycles. The highest BCUT2D eigenvalue weighted by molar-refractivity contribution is 14.1. The van der Waals surface area contributed by atoms with Crippen LogP contribution >= 0.6 is 22.6 Å². The fraction of sp³-hybridized carbons (Fsp3) is 0.970. The molecule has 45 heavy (non-hydrogen) atoms. The summed E-state index contributed by atoms with van der Waals surface area (Å²) in [6.07, 6.45) is 12.4. The minimum Gasteiger partial charge on any atom is -0.463 e. The summed E-state index contributed by atoms with van der Waals surface area (Å²) < 4.78 is 55.8. The van der Waals surface area contributed by atoms with Crippen LogP contribution in [0.3, 0.4) is 0 Å². The van der Waals surface area contributed by atoms with Gasteiger partial charge in [-0.15, -0.1) is 0 Å². The molecule has 0 radical (unpaired) electrons. The quantitative estimate of drug-likeness (QED) is 0.0345. The van der Waals surface area contributed by atoms with E-state index in [4.69, 9.17) is 47.4 Å². The highest BCUT2D eigenvalue weighted by Gasteiger charge is 2.02. The summed E-state index contributed by atoms with van der Waals surface area (Å²) in [6, 6.07) is 0. The fourth-order valence-electron chi connectivity index (χ4n) is 3.85. The zero-order valence-electron chi connectivity index (χ0n) is 28.3. The molecule has 0 aromatic heterocycles. The Morgan fingerprint density at radius 1 is 0.378 bits per heavy atom. The molecule has 0 saturated carbocycles. The van der Waals surface area contributed by atoms with Crippen LogP contribution in [0, 0.1) is 0 Å². The van der Waals surface area contributed by atoms with Crippen molar-refractivity contribution in [2.75, 3.05) is 130 Å². The van der Waals surface area contributed by atoms with E-state index in [1.807, 2.05) is 0 Å². The lowest BCUT2D eigenvalue weighted by molar-refractivity contribution is -0.145. The van der Waals surface area contributed by atoms with E-state index >= 15 is 0 Å². The van der Waals surface area contributed by atoms with Crippen molar-refractivity contribution in [1.82, 2.24) is 0 Å². The zero-order chi connectivity index (χ0) is 32.6. The molecule has 12 heteroatoms. The largest absolute Gasteiger partial charge is 0.463 e. The van der Waals surface area contributed by atoms with Crippen LogP contribution in [0.5, 0.6) is 0 Å². The molecule has 0 aromatic rings. The van der Waals surface area contributed by atoms with Crippen LogP contribution in [0.25, 0.3) is 0 Å². The third kappa shape index (κ3) is 41.8. The first-order valence-corrected chi connectivity index (χ1v) is 18.7. The van der Waals surface area contributed by atoms with E-state index in [2.05, 4.69) is 29.5 Å². The van der Waals surface area contributed by atoms with Crippen LogP contribution in [-0.2, 0) is 52.2 Å². The lowest BCUT2D eigenvalue weighted by atomic mass is 10.1. The lowest BCUT2D eigenvalue weighted by Gasteiger charge is -2.09. The second kappa shape index (κ2) is 41.9. The number of carbonyl (C=O) groups is 1. The summed E-state index contributed by atoms with van der Waals surface area (Å²) in [5, 5.41) is 0. The van der Waals surface area contributed by atoms with Crippen molar-refractivity contribution >= 4 is 28.6 Å². The van der Waals surface area contributed by atoms with E-state index in [0.29, 0.717) is 125 Å². The number of ether oxygens (including phenoxy) is 10. The Hall–Kier alpha value is -0.160. The van der Waals surface area contributed by atoms with Gasteiger partial charge >= 0.3 is 5.97 Å². The Kier molecular flexibility index (Phi) is 41.7. The molecule has 0 spiro atoms. The minimum absolute atomic E-state index is 0.139. The van der Waals surface area contributed by atoms with Crippen molar-refractivity contribution in [2.24, 2.45) is 0 Å². The van der Waals surface area contributed by atoms with Crippen molar-refractivity contribution in [3.63, 3.8) is 0 Å². The number of hydrogen-bond donors (Lipinski definition) is 0. The number of rotatable bonds is 40. The number of unbranched alkanes of at least 4 members (excludes halogenated alkanes) is 8. The Bertz CT molecular complexity index is 561. The maximum atomic E-state index is 11.7. The summed E-state index contributed by atoms with van der Waals surface area (Å²) in [5.41, 5.74) is 0. The van der Waals surface area contributed by atoms with Crippen molar-refractivity contribution in [3.8, 4) is 0 Å². The van der Waals surface area contributed by atoms with E-state index in [9.17, 15) is 4.79 Å². The lowest BCUT2D eigenvalue weighted by Crippen LogP contribution is -2.15. The Balaban J connectivity index is 3.09. The molecule has 0 aliphatic heterocycles. The van der Waals surface area contributed by atoms with Gasteiger partial charge < -0.3 is 47.4 Å². The molecule has 11 nitrogen and oxygen atoms in total. The standard InChI is InChI=1S/C33H65IO11/c1-2-3-4-5-6-9-12-33(35)45-32-31-44-30-29-43-28-27-42-26-25-41-24-23-40-22-21-39-20-19-38-18-17-37-16-15-36-14-11-8-7-10-13-34/h2-32H2,1H3. The normalized spacial score (nSPS) is 11.4. The molecule has 0 unspecified atom stereocenters. The average Bonchev–Trinajstić information content (AvgIpc) is 3.05. The average molecular weight is 765 g/mol. The van der Waals surface area contributed by atoms with Crippen molar-refractivity contribution in [1.29, 1.82) is 0 Å². The van der Waals surface area contributed by atoms with Crippen molar-refractivity contribution in [2.45, 2.75) is 77.6 Å². The highest BCUT2D eigenvalue weighted by atomic mass is 127. The first kappa shape index (κ1) is 44.8. The molecule has 0 fully saturated rings. The number of hydrogen-bond acceptors (Lipinski definition) is 11. The van der Waals surface area contributed by atoms with Gasteiger partial charge in [0, 0.05) is 13.0 Å². The molecule has 0 atom stereocenters. The van der Waals surface area contributed by atoms with Gasteiger partial charge in [0.25, 0.3) is 0 Å². The maximum absolute atomic E-state index is 11.7. The van der Waals surface area contributed by atoms with E-state index in [1.54, 1.807) is 0 Å². The zero-order valence-corrected chi connectivity index (χ0v) is 30.4. The summed E-state index contributed by atoms with van der Waals surface area (Å²) >= 11 is 2.42. The first-order valence-electron chi connectivity index (χ1n) is 17.2. The predicted octanol–water partition coefficient (Wildman–Crippen LogP) is 5.43. The van der Waals surface area contributed by atoms with Gasteiger partial charge in [-0.05, 0) is 23.7 Å². The van der Waals surface area contributed by atoms with Gasteiger partial charge in [-0.1, -0.05) is 74.5 Å². The van der Waals surface area contributed by atoms with Crippen LogP contribution in [0.1, 0.15) is 77.6 Å². The first-order chi connectivity index (χ1) is 22.3. The van der Waals surface area contributed by atoms with Crippen LogP contribution in [0.4, 0.5) is 0 Å². The molecule has 0 bridgehead atoms. The topological polar surface area (TPSA) is 109 Å². The van der Waals surface area contributed by atoms with Crippen LogP contribution < -0.4 is 0 Å². The van der Waals surface area contributed by atoms with E-state index in [1.165, 1.54) is 49.4 Å². The molecular weight excluding hydrogens is 699 g/mol. The van der Waals surface area contributed by atoms with E-state index < -0.39 is 0 Å². The molecule has 0 heterocycles. The van der Waals surface area contributed by atoms with Gasteiger partial charge in [-0.2, -0.15) is 0 Å². The summed E-state index contributed by atoms with van der Waals surface area (Å²) in [5.74, 6) is -0.139. The second-order valence-corrected chi connectivity index (χ2v) is 11.4. The Morgan fingerprint density at radius 2 is 0.689 bits per heavy atom. The number of halogens is 1. The van der Waals surface area contributed by atoms with E-state index in [0.717, 1.165) is 25.9 Å². The Morgan fingerprint density at radius 3 is 1.09 bits per heavy atom. The summed E-state index contributed by atoms with van der Waals surface area (Å²) in [6.45, 7) is 12.2.